The smallest absolute Gasteiger partial charge is 0.0440 e. The lowest BCUT2D eigenvalue weighted by molar-refractivity contribution is 1.66. The van der Waals surface area contributed by atoms with Crippen LogP contribution in [0.2, 0.25) is 0 Å². The Hall–Kier alpha value is -4.20. The third-order valence-electron chi connectivity index (χ3n) is 6.88. The molecule has 0 aliphatic rings. The molecule has 6 aromatic carbocycles. The van der Waals surface area contributed by atoms with Gasteiger partial charge in [0.05, 0.1) is 0 Å². The summed E-state index contributed by atoms with van der Waals surface area (Å²) >= 11 is 1.91. The summed E-state index contributed by atoms with van der Waals surface area (Å²) in [5.74, 6) is 0. The second kappa shape index (κ2) is 8.23. The normalized spacial score (nSPS) is 11.4. The van der Waals surface area contributed by atoms with Gasteiger partial charge in [0.1, 0.15) is 0 Å². The summed E-state index contributed by atoms with van der Waals surface area (Å²) in [7, 11) is 0. The Morgan fingerprint density at radius 1 is 0.286 bits per heavy atom. The predicted molar refractivity (Wildman–Crippen MR) is 153 cm³/mol. The average Bonchev–Trinajstić information content (AvgIpc) is 3.33. The van der Waals surface area contributed by atoms with E-state index in [-0.39, 0.29) is 0 Å². The number of hydrogen-bond donors (Lipinski definition) is 0. The molecule has 0 saturated carbocycles. The zero-order valence-electron chi connectivity index (χ0n) is 19.1. The van der Waals surface area contributed by atoms with Gasteiger partial charge in [-0.05, 0) is 38.2 Å². The predicted octanol–water partition coefficient (Wildman–Crippen LogP) is 10.2. The van der Waals surface area contributed by atoms with Crippen molar-refractivity contribution >= 4 is 43.7 Å². The van der Waals surface area contributed by atoms with Crippen LogP contribution in [0.25, 0.3) is 64.3 Å². The van der Waals surface area contributed by atoms with Gasteiger partial charge >= 0.3 is 0 Å². The van der Waals surface area contributed by atoms with Crippen molar-refractivity contribution < 1.29 is 0 Å². The minimum absolute atomic E-state index is 1.25. The molecule has 0 N–H and O–H groups in total. The van der Waals surface area contributed by atoms with Crippen molar-refractivity contribution in [3.63, 3.8) is 0 Å². The molecule has 1 heteroatoms. The van der Waals surface area contributed by atoms with E-state index in [1.54, 1.807) is 0 Å². The molecule has 164 valence electrons. The van der Waals surface area contributed by atoms with E-state index in [1.807, 2.05) is 11.3 Å². The summed E-state index contributed by atoms with van der Waals surface area (Å²) in [5, 5.41) is 7.83. The van der Waals surface area contributed by atoms with Gasteiger partial charge in [0.15, 0.2) is 0 Å². The molecule has 0 aliphatic heterocycles. The lowest BCUT2D eigenvalue weighted by Gasteiger charge is -2.18. The molecule has 0 atom stereocenters. The van der Waals surface area contributed by atoms with Crippen LogP contribution < -0.4 is 0 Å². The van der Waals surface area contributed by atoms with Crippen LogP contribution in [-0.4, -0.2) is 0 Å². The van der Waals surface area contributed by atoms with Gasteiger partial charge in [-0.15, -0.1) is 11.3 Å². The minimum Gasteiger partial charge on any atom is -0.134 e. The van der Waals surface area contributed by atoms with E-state index in [2.05, 4.69) is 133 Å². The monoisotopic (exact) mass is 462 g/mol. The molecular formula is C34H22S. The van der Waals surface area contributed by atoms with E-state index < -0.39 is 0 Å². The Balaban J connectivity index is 1.70. The number of thiophene rings is 1. The molecule has 0 radical (unpaired) electrons. The Bertz CT molecular complexity index is 1830. The molecule has 0 bridgehead atoms. The summed E-state index contributed by atoms with van der Waals surface area (Å²) in [5.41, 5.74) is 5.16. The first-order chi connectivity index (χ1) is 17.4. The van der Waals surface area contributed by atoms with Crippen LogP contribution in [0.4, 0.5) is 0 Å². The highest BCUT2D eigenvalue weighted by Crippen LogP contribution is 2.51. The van der Waals surface area contributed by atoms with Crippen molar-refractivity contribution in [2.24, 2.45) is 0 Å². The first-order valence-electron chi connectivity index (χ1n) is 12.0. The molecule has 0 saturated heterocycles. The molecule has 0 fully saturated rings. The highest BCUT2D eigenvalue weighted by molar-refractivity contribution is 7.21. The van der Waals surface area contributed by atoms with Gasteiger partial charge in [0.2, 0.25) is 0 Å². The van der Waals surface area contributed by atoms with E-state index in [0.717, 1.165) is 0 Å². The Morgan fingerprint density at radius 2 is 0.686 bits per heavy atom. The average molecular weight is 463 g/mol. The molecule has 7 aromatic rings. The van der Waals surface area contributed by atoms with Crippen LogP contribution in [0.5, 0.6) is 0 Å². The fraction of sp³-hybridized carbons (Fsp3) is 0. The van der Waals surface area contributed by atoms with Crippen LogP contribution >= 0.6 is 11.3 Å². The minimum atomic E-state index is 1.25. The summed E-state index contributed by atoms with van der Waals surface area (Å²) in [4.78, 5) is 2.66. The van der Waals surface area contributed by atoms with E-state index in [9.17, 15) is 0 Å². The number of fused-ring (bicyclic) bond motifs is 4. The molecule has 0 unspecified atom stereocenters. The van der Waals surface area contributed by atoms with Crippen LogP contribution in [-0.2, 0) is 0 Å². The fourth-order valence-electron chi connectivity index (χ4n) is 5.36. The quantitative estimate of drug-likeness (QED) is 0.229. The van der Waals surface area contributed by atoms with Crippen molar-refractivity contribution in [1.82, 2.24) is 0 Å². The Morgan fingerprint density at radius 3 is 1.26 bits per heavy atom. The second-order valence-corrected chi connectivity index (χ2v) is 9.90. The van der Waals surface area contributed by atoms with Crippen molar-refractivity contribution in [1.29, 1.82) is 0 Å². The van der Waals surface area contributed by atoms with Gasteiger partial charge in [0, 0.05) is 26.1 Å². The lowest BCUT2D eigenvalue weighted by atomic mass is 9.86. The molecule has 35 heavy (non-hydrogen) atoms. The number of rotatable bonds is 3. The van der Waals surface area contributed by atoms with Gasteiger partial charge in [-0.3, -0.25) is 0 Å². The van der Waals surface area contributed by atoms with Crippen molar-refractivity contribution in [3.05, 3.63) is 133 Å². The molecule has 1 aromatic heterocycles. The SMILES string of the molecule is c1ccc(-c2sc(-c3c(-c4ccccc4)c4ccccc4c4ccccc34)c3ccccc23)cc1. The first-order valence-corrected chi connectivity index (χ1v) is 12.8. The molecule has 0 aliphatic carbocycles. The van der Waals surface area contributed by atoms with Gasteiger partial charge in [-0.1, -0.05) is 133 Å². The van der Waals surface area contributed by atoms with E-state index in [1.165, 1.54) is 64.3 Å². The molecule has 0 nitrogen and oxygen atoms in total. The highest BCUT2D eigenvalue weighted by Gasteiger charge is 2.22. The molecule has 0 amide bonds. The van der Waals surface area contributed by atoms with Crippen LogP contribution in [0.1, 0.15) is 0 Å². The summed E-state index contributed by atoms with van der Waals surface area (Å²) in [6.45, 7) is 0. The van der Waals surface area contributed by atoms with Gasteiger partial charge in [0.25, 0.3) is 0 Å². The molecule has 0 spiro atoms. The van der Waals surface area contributed by atoms with Crippen LogP contribution in [0.15, 0.2) is 133 Å². The molecule has 7 rings (SSSR count). The summed E-state index contributed by atoms with van der Waals surface area (Å²) in [6, 6.07) is 48.3. The third kappa shape index (κ3) is 3.20. The fourth-order valence-corrected chi connectivity index (χ4v) is 6.71. The molecular weight excluding hydrogens is 440 g/mol. The Kier molecular flexibility index (Phi) is 4.75. The zero-order chi connectivity index (χ0) is 23.2. The number of benzene rings is 6. The van der Waals surface area contributed by atoms with Crippen LogP contribution in [0, 0.1) is 0 Å². The highest BCUT2D eigenvalue weighted by atomic mass is 32.1. The Labute approximate surface area is 208 Å². The zero-order valence-corrected chi connectivity index (χ0v) is 19.9. The van der Waals surface area contributed by atoms with Crippen molar-refractivity contribution in [3.8, 4) is 32.0 Å². The van der Waals surface area contributed by atoms with E-state index >= 15 is 0 Å². The lowest BCUT2D eigenvalue weighted by Crippen LogP contribution is -1.90. The van der Waals surface area contributed by atoms with Gasteiger partial charge < -0.3 is 0 Å². The first kappa shape index (κ1) is 20.2. The number of hydrogen-bond acceptors (Lipinski definition) is 1. The topological polar surface area (TPSA) is 0 Å². The van der Waals surface area contributed by atoms with Crippen molar-refractivity contribution in [2.45, 2.75) is 0 Å². The van der Waals surface area contributed by atoms with Gasteiger partial charge in [-0.2, -0.15) is 0 Å². The third-order valence-corrected chi connectivity index (χ3v) is 8.17. The maximum absolute atomic E-state index is 2.29. The van der Waals surface area contributed by atoms with E-state index in [0.29, 0.717) is 0 Å². The largest absolute Gasteiger partial charge is 0.134 e. The van der Waals surface area contributed by atoms with Crippen molar-refractivity contribution in [2.75, 3.05) is 0 Å². The summed E-state index contributed by atoms with van der Waals surface area (Å²) < 4.78 is 0. The molecule has 1 heterocycles. The standard InChI is InChI=1S/C34H22S/c1-3-13-23(14-4-1)31-27-19-9-7-17-25(27)26-18-8-10-20-28(26)32(31)34-30-22-12-11-21-29(30)33(35-34)24-15-5-2-6-16-24/h1-22H. The van der Waals surface area contributed by atoms with Crippen LogP contribution in [0.3, 0.4) is 0 Å². The van der Waals surface area contributed by atoms with Gasteiger partial charge in [-0.25, -0.2) is 0 Å². The summed E-state index contributed by atoms with van der Waals surface area (Å²) in [6.07, 6.45) is 0. The second-order valence-electron chi connectivity index (χ2n) is 8.88. The maximum atomic E-state index is 2.29. The maximum Gasteiger partial charge on any atom is 0.0440 e. The van der Waals surface area contributed by atoms with E-state index in [4.69, 9.17) is 0 Å².